The highest BCUT2D eigenvalue weighted by Crippen LogP contribution is 2.26. The first-order valence-electron chi connectivity index (χ1n) is 12.0. The average Bonchev–Trinajstić information content (AvgIpc) is 3.28. The summed E-state index contributed by atoms with van der Waals surface area (Å²) in [4.78, 5) is 19.3. The third-order valence-electron chi connectivity index (χ3n) is 6.83. The molecule has 0 radical (unpaired) electrons. The minimum absolute atomic E-state index is 0.102. The van der Waals surface area contributed by atoms with E-state index in [0.29, 0.717) is 0 Å². The minimum Gasteiger partial charge on any atom is -0.361 e. The van der Waals surface area contributed by atoms with E-state index in [2.05, 4.69) is 45.7 Å². The van der Waals surface area contributed by atoms with Crippen molar-refractivity contribution in [3.63, 3.8) is 0 Å². The van der Waals surface area contributed by atoms with Crippen LogP contribution in [0.15, 0.2) is 91.1 Å². The van der Waals surface area contributed by atoms with Crippen LogP contribution in [0, 0.1) is 0 Å². The predicted octanol–water partition coefficient (Wildman–Crippen LogP) is 5.12. The molecule has 0 unspecified atom stereocenters. The van der Waals surface area contributed by atoms with Crippen molar-refractivity contribution in [1.29, 1.82) is 0 Å². The van der Waals surface area contributed by atoms with Gasteiger partial charge in [-0.3, -0.25) is 4.79 Å². The number of hydrogen-bond donors (Lipinski definition) is 2. The summed E-state index contributed by atoms with van der Waals surface area (Å²) in [5.41, 5.74) is 4.67. The van der Waals surface area contributed by atoms with Crippen molar-refractivity contribution in [2.24, 2.45) is 0 Å². The van der Waals surface area contributed by atoms with Gasteiger partial charge in [-0.2, -0.15) is 0 Å². The van der Waals surface area contributed by atoms with Gasteiger partial charge < -0.3 is 15.2 Å². The number of rotatable bonds is 7. The number of fused-ring (bicyclic) bond motifs is 1. The Morgan fingerprint density at radius 3 is 2.15 bits per heavy atom. The molecule has 33 heavy (non-hydrogen) atoms. The van der Waals surface area contributed by atoms with Gasteiger partial charge in [-0.05, 0) is 42.0 Å². The second-order valence-electron chi connectivity index (χ2n) is 8.99. The zero-order valence-corrected chi connectivity index (χ0v) is 18.9. The first kappa shape index (κ1) is 21.5. The average molecular weight is 438 g/mol. The van der Waals surface area contributed by atoms with Gasteiger partial charge in [-0.25, -0.2) is 0 Å². The summed E-state index contributed by atoms with van der Waals surface area (Å²) in [6, 6.07) is 28.9. The molecule has 5 rings (SSSR count). The Morgan fingerprint density at radius 1 is 0.879 bits per heavy atom. The van der Waals surface area contributed by atoms with Crippen LogP contribution in [0.1, 0.15) is 35.4 Å². The standard InChI is InChI=1S/C29H31N3O/c33-29(28(22-9-3-1-4-10-22)23-11-5-2-6-12-23)31-25-16-19-32(20-17-25)18-15-24-21-30-27-14-8-7-13-26(24)27/h1-14,21,25,28,30H,15-20H2,(H,31,33). The molecule has 4 aromatic rings. The van der Waals surface area contributed by atoms with Crippen molar-refractivity contribution in [3.05, 3.63) is 108 Å². The molecular formula is C29H31N3O. The van der Waals surface area contributed by atoms with Crippen LogP contribution >= 0.6 is 0 Å². The maximum Gasteiger partial charge on any atom is 0.232 e. The molecule has 0 bridgehead atoms. The van der Waals surface area contributed by atoms with Gasteiger partial charge in [0.1, 0.15) is 0 Å². The summed E-state index contributed by atoms with van der Waals surface area (Å²) in [7, 11) is 0. The molecule has 0 spiro atoms. The van der Waals surface area contributed by atoms with E-state index in [-0.39, 0.29) is 17.9 Å². The van der Waals surface area contributed by atoms with Gasteiger partial charge in [-0.1, -0.05) is 78.9 Å². The van der Waals surface area contributed by atoms with Gasteiger partial charge in [-0.15, -0.1) is 0 Å². The Bertz CT molecular complexity index is 1140. The number of carbonyl (C=O) groups is 1. The number of carbonyl (C=O) groups excluding carboxylic acids is 1. The molecule has 2 heterocycles. The molecule has 4 heteroatoms. The Kier molecular flexibility index (Phi) is 6.54. The number of aromatic nitrogens is 1. The molecule has 1 aliphatic heterocycles. The van der Waals surface area contributed by atoms with Crippen molar-refractivity contribution in [2.45, 2.75) is 31.2 Å². The summed E-state index contributed by atoms with van der Waals surface area (Å²) >= 11 is 0. The number of piperidine rings is 1. The normalized spacial score (nSPS) is 15.2. The Balaban J connectivity index is 1.17. The quantitative estimate of drug-likeness (QED) is 0.421. The number of likely N-dealkylation sites (tertiary alicyclic amines) is 1. The van der Waals surface area contributed by atoms with Gasteiger partial charge in [0.25, 0.3) is 0 Å². The Morgan fingerprint density at radius 2 is 1.48 bits per heavy atom. The monoisotopic (exact) mass is 437 g/mol. The van der Waals surface area contributed by atoms with E-state index in [4.69, 9.17) is 0 Å². The number of nitrogens with zero attached hydrogens (tertiary/aromatic N) is 1. The molecule has 168 valence electrons. The van der Waals surface area contributed by atoms with Crippen LogP contribution in [0.2, 0.25) is 0 Å². The maximum atomic E-state index is 13.4. The van der Waals surface area contributed by atoms with Crippen LogP contribution in [-0.4, -0.2) is 41.5 Å². The lowest BCUT2D eigenvalue weighted by molar-refractivity contribution is -0.122. The summed E-state index contributed by atoms with van der Waals surface area (Å²) in [5, 5.41) is 4.69. The highest BCUT2D eigenvalue weighted by Gasteiger charge is 2.27. The highest BCUT2D eigenvalue weighted by molar-refractivity contribution is 5.87. The Hall–Kier alpha value is -3.37. The third kappa shape index (κ3) is 5.01. The molecule has 1 fully saturated rings. The number of amides is 1. The number of benzene rings is 3. The van der Waals surface area contributed by atoms with Crippen molar-refractivity contribution in [3.8, 4) is 0 Å². The van der Waals surface area contributed by atoms with Gasteiger partial charge in [0.2, 0.25) is 5.91 Å². The first-order chi connectivity index (χ1) is 16.3. The van der Waals surface area contributed by atoms with E-state index in [1.54, 1.807) is 0 Å². The van der Waals surface area contributed by atoms with Gasteiger partial charge in [0.05, 0.1) is 5.92 Å². The minimum atomic E-state index is -0.271. The molecule has 1 aliphatic rings. The second kappa shape index (κ2) is 10.1. The molecule has 0 aliphatic carbocycles. The van der Waals surface area contributed by atoms with Crippen molar-refractivity contribution in [2.75, 3.05) is 19.6 Å². The van der Waals surface area contributed by atoms with Crippen LogP contribution in [0.3, 0.4) is 0 Å². The lowest BCUT2D eigenvalue weighted by Gasteiger charge is -2.33. The molecule has 1 amide bonds. The summed E-state index contributed by atoms with van der Waals surface area (Å²) in [6.45, 7) is 3.10. The molecule has 2 N–H and O–H groups in total. The molecule has 0 saturated carbocycles. The number of H-pyrrole nitrogens is 1. The van der Waals surface area contributed by atoms with E-state index in [9.17, 15) is 4.79 Å². The zero-order valence-electron chi connectivity index (χ0n) is 18.9. The Labute approximate surface area is 195 Å². The smallest absolute Gasteiger partial charge is 0.232 e. The molecule has 3 aromatic carbocycles. The molecule has 1 aromatic heterocycles. The highest BCUT2D eigenvalue weighted by atomic mass is 16.1. The number of nitrogens with one attached hydrogen (secondary N) is 2. The van der Waals surface area contributed by atoms with E-state index >= 15 is 0 Å². The van der Waals surface area contributed by atoms with Gasteiger partial charge in [0.15, 0.2) is 0 Å². The van der Waals surface area contributed by atoms with Crippen molar-refractivity contribution >= 4 is 16.8 Å². The summed E-state index contributed by atoms with van der Waals surface area (Å²) < 4.78 is 0. The fraction of sp³-hybridized carbons (Fsp3) is 0.276. The van der Waals surface area contributed by atoms with Crippen molar-refractivity contribution in [1.82, 2.24) is 15.2 Å². The third-order valence-corrected chi connectivity index (χ3v) is 6.83. The lowest BCUT2D eigenvalue weighted by Crippen LogP contribution is -2.46. The van der Waals surface area contributed by atoms with E-state index in [1.807, 2.05) is 60.7 Å². The molecule has 1 saturated heterocycles. The number of para-hydroxylation sites is 1. The van der Waals surface area contributed by atoms with E-state index in [1.165, 1.54) is 16.5 Å². The van der Waals surface area contributed by atoms with Gasteiger partial charge >= 0.3 is 0 Å². The molecule has 4 nitrogen and oxygen atoms in total. The van der Waals surface area contributed by atoms with Crippen LogP contribution in [0.4, 0.5) is 0 Å². The lowest BCUT2D eigenvalue weighted by atomic mass is 9.90. The van der Waals surface area contributed by atoms with E-state index in [0.717, 1.165) is 50.0 Å². The zero-order chi connectivity index (χ0) is 22.5. The van der Waals surface area contributed by atoms with E-state index < -0.39 is 0 Å². The first-order valence-corrected chi connectivity index (χ1v) is 12.0. The van der Waals surface area contributed by atoms with Crippen LogP contribution in [0.5, 0.6) is 0 Å². The molecular weight excluding hydrogens is 406 g/mol. The second-order valence-corrected chi connectivity index (χ2v) is 8.99. The number of aromatic amines is 1. The van der Waals surface area contributed by atoms with Crippen LogP contribution < -0.4 is 5.32 Å². The summed E-state index contributed by atoms with van der Waals surface area (Å²) in [6.07, 6.45) is 5.18. The fourth-order valence-electron chi connectivity index (χ4n) is 4.99. The van der Waals surface area contributed by atoms with Gasteiger partial charge in [0, 0.05) is 42.8 Å². The summed E-state index contributed by atoms with van der Waals surface area (Å²) in [5.74, 6) is -0.169. The van der Waals surface area contributed by atoms with Crippen molar-refractivity contribution < 1.29 is 4.79 Å². The number of hydrogen-bond acceptors (Lipinski definition) is 2. The topological polar surface area (TPSA) is 48.1 Å². The predicted molar refractivity (Wildman–Crippen MR) is 134 cm³/mol. The molecule has 0 atom stereocenters. The van der Waals surface area contributed by atoms with Crippen LogP contribution in [-0.2, 0) is 11.2 Å². The maximum absolute atomic E-state index is 13.4. The largest absolute Gasteiger partial charge is 0.361 e. The fourth-order valence-corrected chi connectivity index (χ4v) is 4.99. The van der Waals surface area contributed by atoms with Crippen LogP contribution in [0.25, 0.3) is 10.9 Å². The SMILES string of the molecule is O=C(NC1CCN(CCc2c[nH]c3ccccc23)CC1)C(c1ccccc1)c1ccccc1.